The molecule has 0 bridgehead atoms. The highest BCUT2D eigenvalue weighted by Crippen LogP contribution is 2.21. The number of nitrogens with zero attached hydrogens (tertiary/aromatic N) is 4. The van der Waals surface area contributed by atoms with E-state index in [4.69, 9.17) is 4.52 Å². The van der Waals surface area contributed by atoms with Crippen LogP contribution in [0.5, 0.6) is 0 Å². The summed E-state index contributed by atoms with van der Waals surface area (Å²) in [6, 6.07) is 7.54. The summed E-state index contributed by atoms with van der Waals surface area (Å²) in [5.74, 6) is 0.267. The molecule has 2 amide bonds. The first-order valence-electron chi connectivity index (χ1n) is 8.41. The summed E-state index contributed by atoms with van der Waals surface area (Å²) in [5, 5.41) is 3.73. The van der Waals surface area contributed by atoms with Gasteiger partial charge in [0.1, 0.15) is 0 Å². The van der Waals surface area contributed by atoms with Crippen molar-refractivity contribution in [3.63, 3.8) is 0 Å². The van der Waals surface area contributed by atoms with E-state index >= 15 is 0 Å². The molecule has 0 N–H and O–H groups in total. The molecular formula is C18H22N4O3. The van der Waals surface area contributed by atoms with Gasteiger partial charge in [-0.05, 0) is 31.9 Å². The summed E-state index contributed by atoms with van der Waals surface area (Å²) in [7, 11) is 1.72. The molecule has 7 nitrogen and oxygen atoms in total. The van der Waals surface area contributed by atoms with Gasteiger partial charge in [-0.2, -0.15) is 4.98 Å². The Hall–Kier alpha value is -2.70. The van der Waals surface area contributed by atoms with Gasteiger partial charge in [0.05, 0.1) is 12.5 Å². The largest absolute Gasteiger partial charge is 0.343 e. The molecular weight excluding hydrogens is 320 g/mol. The van der Waals surface area contributed by atoms with Crippen molar-refractivity contribution < 1.29 is 14.1 Å². The van der Waals surface area contributed by atoms with Gasteiger partial charge < -0.3 is 14.3 Å². The first kappa shape index (κ1) is 17.1. The maximum absolute atomic E-state index is 12.7. The molecule has 25 heavy (non-hydrogen) atoms. The van der Waals surface area contributed by atoms with Crippen molar-refractivity contribution in [2.75, 3.05) is 20.1 Å². The summed E-state index contributed by atoms with van der Waals surface area (Å²) in [4.78, 5) is 32.7. The maximum atomic E-state index is 12.7. The van der Waals surface area contributed by atoms with Crippen molar-refractivity contribution in [2.24, 2.45) is 5.92 Å². The van der Waals surface area contributed by atoms with Crippen molar-refractivity contribution in [1.29, 1.82) is 0 Å². The highest BCUT2D eigenvalue weighted by atomic mass is 16.5. The van der Waals surface area contributed by atoms with Crippen LogP contribution in [-0.2, 0) is 11.3 Å². The third kappa shape index (κ3) is 4.04. The minimum absolute atomic E-state index is 0.00575. The molecule has 1 atom stereocenters. The number of benzene rings is 1. The van der Waals surface area contributed by atoms with Crippen LogP contribution >= 0.6 is 0 Å². The Morgan fingerprint density at radius 3 is 2.76 bits per heavy atom. The van der Waals surface area contributed by atoms with Crippen molar-refractivity contribution in [1.82, 2.24) is 19.9 Å². The van der Waals surface area contributed by atoms with E-state index in [1.165, 1.54) is 6.39 Å². The van der Waals surface area contributed by atoms with E-state index in [9.17, 15) is 9.59 Å². The van der Waals surface area contributed by atoms with Crippen LogP contribution in [0.1, 0.15) is 34.6 Å². The summed E-state index contributed by atoms with van der Waals surface area (Å²) in [6.07, 6.45) is 2.85. The highest BCUT2D eigenvalue weighted by molar-refractivity contribution is 5.94. The topological polar surface area (TPSA) is 79.5 Å². The minimum Gasteiger partial charge on any atom is -0.343 e. The smallest absolute Gasteiger partial charge is 0.253 e. The molecule has 0 radical (unpaired) electrons. The molecule has 2 heterocycles. The lowest BCUT2D eigenvalue weighted by molar-refractivity contribution is -0.136. The molecule has 1 aromatic heterocycles. The second-order valence-electron chi connectivity index (χ2n) is 6.50. The monoisotopic (exact) mass is 342 g/mol. The van der Waals surface area contributed by atoms with Gasteiger partial charge in [0, 0.05) is 25.7 Å². The fourth-order valence-corrected chi connectivity index (χ4v) is 3.11. The van der Waals surface area contributed by atoms with Crippen LogP contribution in [0.3, 0.4) is 0 Å². The Labute approximate surface area is 146 Å². The van der Waals surface area contributed by atoms with Gasteiger partial charge in [-0.15, -0.1) is 0 Å². The Bertz CT molecular complexity index is 727. The number of likely N-dealkylation sites (tertiary alicyclic amines) is 1. The number of rotatable bonds is 4. The number of aromatic nitrogens is 2. The van der Waals surface area contributed by atoms with Gasteiger partial charge in [-0.1, -0.05) is 22.9 Å². The molecule has 0 aliphatic carbocycles. The van der Waals surface area contributed by atoms with Crippen molar-refractivity contribution in [3.05, 3.63) is 47.6 Å². The molecule has 1 saturated heterocycles. The van der Waals surface area contributed by atoms with E-state index in [1.807, 2.05) is 31.2 Å². The molecule has 1 aromatic carbocycles. The molecule has 1 fully saturated rings. The van der Waals surface area contributed by atoms with Gasteiger partial charge in [0.15, 0.2) is 5.82 Å². The molecule has 2 aromatic rings. The van der Waals surface area contributed by atoms with E-state index in [0.29, 0.717) is 31.0 Å². The lowest BCUT2D eigenvalue weighted by Gasteiger charge is -2.33. The zero-order chi connectivity index (χ0) is 17.8. The molecule has 0 saturated carbocycles. The number of aryl methyl sites for hydroxylation is 1. The molecule has 132 valence electrons. The molecule has 3 rings (SSSR count). The van der Waals surface area contributed by atoms with E-state index in [0.717, 1.165) is 18.4 Å². The molecule has 0 unspecified atom stereocenters. The van der Waals surface area contributed by atoms with Gasteiger partial charge in [-0.3, -0.25) is 9.59 Å². The van der Waals surface area contributed by atoms with Crippen molar-refractivity contribution in [2.45, 2.75) is 26.3 Å². The van der Waals surface area contributed by atoms with Gasteiger partial charge in [0.2, 0.25) is 12.3 Å². The third-order valence-electron chi connectivity index (χ3n) is 4.52. The van der Waals surface area contributed by atoms with E-state index in [1.54, 1.807) is 16.8 Å². The molecule has 1 aliphatic heterocycles. The first-order valence-corrected chi connectivity index (χ1v) is 8.41. The molecule has 0 spiro atoms. The quantitative estimate of drug-likeness (QED) is 0.848. The van der Waals surface area contributed by atoms with Crippen LogP contribution in [0.15, 0.2) is 35.2 Å². The minimum atomic E-state index is -0.194. The van der Waals surface area contributed by atoms with Crippen LogP contribution in [-0.4, -0.2) is 51.9 Å². The average molecular weight is 342 g/mol. The zero-order valence-corrected chi connectivity index (χ0v) is 14.5. The van der Waals surface area contributed by atoms with Crippen LogP contribution in [0.25, 0.3) is 0 Å². The fraction of sp³-hybridized carbons (Fsp3) is 0.444. The predicted octanol–water partition coefficient (Wildman–Crippen LogP) is 1.89. The average Bonchev–Trinajstić information content (AvgIpc) is 3.14. The Balaban J connectivity index is 1.63. The predicted molar refractivity (Wildman–Crippen MR) is 90.6 cm³/mol. The lowest BCUT2D eigenvalue weighted by atomic mass is 9.96. The standard InChI is InChI=1S/C18H22N4O3/c1-13-5-7-14(8-6-13)18(24)22-9-3-4-15(10-22)17(23)21(2)11-16-19-12-25-20-16/h5-8,12,15H,3-4,9-11H2,1-2H3/t15-/m0/s1. The Morgan fingerprint density at radius 1 is 1.32 bits per heavy atom. The fourth-order valence-electron chi connectivity index (χ4n) is 3.11. The van der Waals surface area contributed by atoms with Gasteiger partial charge >= 0.3 is 0 Å². The Kier molecular flexibility index (Phi) is 5.11. The summed E-state index contributed by atoms with van der Waals surface area (Å²) >= 11 is 0. The van der Waals surface area contributed by atoms with Gasteiger partial charge in [0.25, 0.3) is 5.91 Å². The summed E-state index contributed by atoms with van der Waals surface area (Å²) in [5.41, 5.74) is 1.78. The van der Waals surface area contributed by atoms with Crippen LogP contribution in [0, 0.1) is 12.8 Å². The Morgan fingerprint density at radius 2 is 2.08 bits per heavy atom. The van der Waals surface area contributed by atoms with Crippen LogP contribution < -0.4 is 0 Å². The zero-order valence-electron chi connectivity index (χ0n) is 14.5. The second-order valence-corrected chi connectivity index (χ2v) is 6.50. The second kappa shape index (κ2) is 7.46. The van der Waals surface area contributed by atoms with E-state index in [2.05, 4.69) is 10.1 Å². The normalized spacial score (nSPS) is 17.4. The number of hydrogen-bond acceptors (Lipinski definition) is 5. The third-order valence-corrected chi connectivity index (χ3v) is 4.52. The van der Waals surface area contributed by atoms with Crippen molar-refractivity contribution >= 4 is 11.8 Å². The van der Waals surface area contributed by atoms with Crippen LogP contribution in [0.4, 0.5) is 0 Å². The number of piperidine rings is 1. The SMILES string of the molecule is Cc1ccc(C(=O)N2CCC[C@H](C(=O)N(C)Cc3ncon3)C2)cc1. The number of hydrogen-bond donors (Lipinski definition) is 0. The number of carbonyl (C=O) groups is 2. The summed E-state index contributed by atoms with van der Waals surface area (Å²) < 4.78 is 4.69. The highest BCUT2D eigenvalue weighted by Gasteiger charge is 2.30. The molecule has 1 aliphatic rings. The van der Waals surface area contributed by atoms with E-state index < -0.39 is 0 Å². The number of carbonyl (C=O) groups excluding carboxylic acids is 2. The lowest BCUT2D eigenvalue weighted by Crippen LogP contribution is -2.45. The van der Waals surface area contributed by atoms with Crippen LogP contribution in [0.2, 0.25) is 0 Å². The number of amides is 2. The molecule has 7 heteroatoms. The van der Waals surface area contributed by atoms with Gasteiger partial charge in [-0.25, -0.2) is 0 Å². The summed E-state index contributed by atoms with van der Waals surface area (Å²) in [6.45, 7) is 3.42. The van der Waals surface area contributed by atoms with Crippen molar-refractivity contribution in [3.8, 4) is 0 Å². The van der Waals surface area contributed by atoms with E-state index in [-0.39, 0.29) is 17.7 Å². The maximum Gasteiger partial charge on any atom is 0.253 e. The first-order chi connectivity index (χ1) is 12.0.